The Morgan fingerprint density at radius 1 is 1.05 bits per heavy atom. The summed E-state index contributed by atoms with van der Waals surface area (Å²) in [5, 5.41) is 24.8. The minimum atomic E-state index is -1.54. The number of phenols is 2. The molecule has 8 nitrogen and oxygen atoms in total. The maximum atomic E-state index is 14.0. The van der Waals surface area contributed by atoms with Crippen LogP contribution in [-0.4, -0.2) is 34.1 Å². The molecule has 0 fully saturated rings. The molecule has 40 heavy (non-hydrogen) atoms. The van der Waals surface area contributed by atoms with Crippen molar-refractivity contribution in [1.82, 2.24) is 5.32 Å². The summed E-state index contributed by atoms with van der Waals surface area (Å²) in [5.74, 6) is -1.50. The van der Waals surface area contributed by atoms with Crippen molar-refractivity contribution < 1.29 is 33.8 Å². The summed E-state index contributed by atoms with van der Waals surface area (Å²) in [5.41, 5.74) is -0.0177. The number of ether oxygens (including phenoxy) is 1. The van der Waals surface area contributed by atoms with Crippen LogP contribution in [0.2, 0.25) is 0 Å². The van der Waals surface area contributed by atoms with Crippen molar-refractivity contribution >= 4 is 17.3 Å². The second-order valence-electron chi connectivity index (χ2n) is 10.5. The Morgan fingerprint density at radius 2 is 1.77 bits per heavy atom. The van der Waals surface area contributed by atoms with E-state index in [4.69, 9.17) is 9.15 Å². The van der Waals surface area contributed by atoms with Crippen LogP contribution >= 0.6 is 0 Å². The first-order chi connectivity index (χ1) is 19.1. The predicted octanol–water partition coefficient (Wildman–Crippen LogP) is 5.17. The first kappa shape index (κ1) is 27.0. The lowest BCUT2D eigenvalue weighted by molar-refractivity contribution is -0.123. The van der Waals surface area contributed by atoms with E-state index in [9.17, 15) is 24.6 Å². The van der Waals surface area contributed by atoms with Gasteiger partial charge in [-0.15, -0.1) is 0 Å². The fourth-order valence-corrected chi connectivity index (χ4v) is 5.65. The number of Topliss-reactive ketones (excluding diaryl/α,β-unsaturated/α-hetero) is 2. The third kappa shape index (κ3) is 4.29. The highest BCUT2D eigenvalue weighted by Crippen LogP contribution is 2.57. The van der Waals surface area contributed by atoms with E-state index >= 15 is 0 Å². The predicted molar refractivity (Wildman–Crippen MR) is 148 cm³/mol. The second kappa shape index (κ2) is 10.2. The van der Waals surface area contributed by atoms with Gasteiger partial charge in [0.2, 0.25) is 0 Å². The van der Waals surface area contributed by atoms with Gasteiger partial charge in [-0.05, 0) is 58.2 Å². The lowest BCUT2D eigenvalue weighted by Crippen LogP contribution is -2.41. The number of furan rings is 1. The Kier molecular flexibility index (Phi) is 6.87. The molecular weight excluding hydrogens is 510 g/mol. The number of benzene rings is 2. The van der Waals surface area contributed by atoms with Crippen LogP contribution in [0.3, 0.4) is 0 Å². The zero-order chi connectivity index (χ0) is 28.8. The van der Waals surface area contributed by atoms with Gasteiger partial charge in [-0.25, -0.2) is 0 Å². The number of carbonyl (C=O) groups excluding carboxylic acids is 3. The van der Waals surface area contributed by atoms with E-state index in [1.807, 2.05) is 30.3 Å². The normalized spacial score (nSPS) is 19.9. The highest BCUT2D eigenvalue weighted by Gasteiger charge is 2.56. The molecule has 0 radical (unpaired) electrons. The van der Waals surface area contributed by atoms with Crippen molar-refractivity contribution in [3.8, 4) is 17.2 Å². The van der Waals surface area contributed by atoms with Gasteiger partial charge in [0.1, 0.15) is 39.7 Å². The average molecular weight is 542 g/mol. The van der Waals surface area contributed by atoms with Crippen LogP contribution in [0.15, 0.2) is 76.3 Å². The highest BCUT2D eigenvalue weighted by atomic mass is 16.5. The molecule has 1 aromatic heterocycles. The van der Waals surface area contributed by atoms with Crippen LogP contribution in [-0.2, 0) is 21.4 Å². The average Bonchev–Trinajstić information content (AvgIpc) is 3.55. The molecule has 0 spiro atoms. The maximum absolute atomic E-state index is 14.0. The molecule has 1 aliphatic carbocycles. The molecule has 3 aromatic rings. The van der Waals surface area contributed by atoms with Gasteiger partial charge in [-0.3, -0.25) is 14.4 Å². The summed E-state index contributed by atoms with van der Waals surface area (Å²) in [6.07, 6.45) is 4.32. The van der Waals surface area contributed by atoms with Gasteiger partial charge in [-0.2, -0.15) is 0 Å². The minimum Gasteiger partial charge on any atom is -0.507 e. The number of rotatable bonds is 8. The molecule has 2 aromatic carbocycles. The number of phenolic OH excluding ortho intramolecular Hbond substituents is 2. The SMILES string of the molecule is CC(=O)c1c(O)c(C)c(O)c2c1OC1=CC(=O)/C(=C(/C)NCC[C@@H](Cc3ccccc3)c3ccco3)C(=O)[C@@]12C. The summed E-state index contributed by atoms with van der Waals surface area (Å²) in [7, 11) is 0. The van der Waals surface area contributed by atoms with Crippen molar-refractivity contribution in [1.29, 1.82) is 0 Å². The molecule has 0 saturated carbocycles. The molecule has 206 valence electrons. The standard InChI is InChI=1S/C32H31NO7/c1-17-28(36)26(19(3)34)30-27(29(17)37)32(4)24(40-30)16-22(35)25(31(32)38)18(2)33-13-12-21(23-11-8-14-39-23)15-20-9-6-5-7-10-20/h5-11,14,16,21,33,36-37H,12-13,15H2,1-4H3/b25-18+/t21-,32-/m0/s1. The minimum absolute atomic E-state index is 0.0117. The number of allylic oxidation sites excluding steroid dienone is 4. The Morgan fingerprint density at radius 3 is 2.42 bits per heavy atom. The Labute approximate surface area is 232 Å². The number of fused-ring (bicyclic) bond motifs is 3. The van der Waals surface area contributed by atoms with Gasteiger partial charge in [-0.1, -0.05) is 30.3 Å². The first-order valence-electron chi connectivity index (χ1n) is 13.2. The molecule has 0 bridgehead atoms. The lowest BCUT2D eigenvalue weighted by atomic mass is 9.70. The second-order valence-corrected chi connectivity index (χ2v) is 10.5. The Hall–Kier alpha value is -4.59. The van der Waals surface area contributed by atoms with Crippen molar-refractivity contribution in [2.75, 3.05) is 6.54 Å². The fourth-order valence-electron chi connectivity index (χ4n) is 5.65. The number of ketones is 3. The van der Waals surface area contributed by atoms with Crippen LogP contribution in [0.4, 0.5) is 0 Å². The molecule has 2 aliphatic rings. The molecule has 2 heterocycles. The zero-order valence-corrected chi connectivity index (χ0v) is 22.8. The van der Waals surface area contributed by atoms with Gasteiger partial charge in [0.15, 0.2) is 17.3 Å². The molecule has 2 atom stereocenters. The van der Waals surface area contributed by atoms with Crippen molar-refractivity contribution in [3.63, 3.8) is 0 Å². The highest BCUT2D eigenvalue weighted by molar-refractivity contribution is 6.31. The number of carbonyl (C=O) groups is 3. The molecule has 0 saturated heterocycles. The number of hydrogen-bond donors (Lipinski definition) is 3. The van der Waals surface area contributed by atoms with E-state index in [0.717, 1.165) is 12.2 Å². The largest absolute Gasteiger partial charge is 0.507 e. The van der Waals surface area contributed by atoms with E-state index in [2.05, 4.69) is 17.4 Å². The quantitative estimate of drug-likeness (QED) is 0.203. The van der Waals surface area contributed by atoms with E-state index in [0.29, 0.717) is 18.7 Å². The van der Waals surface area contributed by atoms with Gasteiger partial charge in [0.25, 0.3) is 0 Å². The zero-order valence-electron chi connectivity index (χ0n) is 22.8. The third-order valence-electron chi connectivity index (χ3n) is 7.91. The lowest BCUT2D eigenvalue weighted by Gasteiger charge is -2.29. The van der Waals surface area contributed by atoms with Gasteiger partial charge >= 0.3 is 0 Å². The molecule has 1 aliphatic heterocycles. The Balaban J connectivity index is 1.44. The van der Waals surface area contributed by atoms with Crippen LogP contribution in [0, 0.1) is 6.92 Å². The van der Waals surface area contributed by atoms with Crippen LogP contribution < -0.4 is 10.1 Å². The topological polar surface area (TPSA) is 126 Å². The summed E-state index contributed by atoms with van der Waals surface area (Å²) in [6.45, 7) is 6.41. The monoisotopic (exact) mass is 541 g/mol. The van der Waals surface area contributed by atoms with Gasteiger partial charge in [0.05, 0.1) is 17.4 Å². The first-order valence-corrected chi connectivity index (χ1v) is 13.2. The van der Waals surface area contributed by atoms with E-state index < -0.39 is 28.5 Å². The molecule has 5 rings (SSSR count). The molecule has 0 amide bonds. The summed E-state index contributed by atoms with van der Waals surface area (Å²) < 4.78 is 11.5. The summed E-state index contributed by atoms with van der Waals surface area (Å²) >= 11 is 0. The number of nitrogens with one attached hydrogen (secondary N) is 1. The molecule has 0 unspecified atom stereocenters. The van der Waals surface area contributed by atoms with Crippen LogP contribution in [0.5, 0.6) is 17.2 Å². The number of aromatic hydroxyl groups is 2. The number of hydrogen-bond acceptors (Lipinski definition) is 8. The van der Waals surface area contributed by atoms with Crippen molar-refractivity contribution in [3.05, 3.63) is 99.8 Å². The summed E-state index contributed by atoms with van der Waals surface area (Å²) in [4.78, 5) is 39.5. The molecular formula is C32H31NO7. The van der Waals surface area contributed by atoms with Crippen LogP contribution in [0.1, 0.15) is 65.9 Å². The van der Waals surface area contributed by atoms with Crippen molar-refractivity contribution in [2.24, 2.45) is 0 Å². The van der Waals surface area contributed by atoms with Gasteiger partial charge < -0.3 is 24.7 Å². The van der Waals surface area contributed by atoms with Crippen molar-refractivity contribution in [2.45, 2.75) is 51.9 Å². The van der Waals surface area contributed by atoms with E-state index in [1.165, 1.54) is 25.5 Å². The Bertz CT molecular complexity index is 1580. The molecule has 3 N–H and O–H groups in total. The smallest absolute Gasteiger partial charge is 0.194 e. The maximum Gasteiger partial charge on any atom is 0.194 e. The van der Waals surface area contributed by atoms with E-state index in [-0.39, 0.29) is 45.4 Å². The van der Waals surface area contributed by atoms with Gasteiger partial charge in [0, 0.05) is 29.8 Å². The fraction of sp³-hybridized carbons (Fsp3) is 0.281. The molecule has 8 heteroatoms. The summed E-state index contributed by atoms with van der Waals surface area (Å²) in [6, 6.07) is 13.9. The van der Waals surface area contributed by atoms with E-state index in [1.54, 1.807) is 20.1 Å². The third-order valence-corrected chi connectivity index (χ3v) is 7.91. The van der Waals surface area contributed by atoms with Crippen LogP contribution in [0.25, 0.3) is 0 Å².